The van der Waals surface area contributed by atoms with Gasteiger partial charge >= 0.3 is 12.1 Å². The second-order valence-electron chi connectivity index (χ2n) is 8.90. The smallest absolute Gasteiger partial charge is 0.449 e. The molecule has 0 radical (unpaired) electrons. The second kappa shape index (κ2) is 10.9. The monoisotopic (exact) mass is 542 g/mol. The largest absolute Gasteiger partial charge is 0.453 e. The van der Waals surface area contributed by atoms with Gasteiger partial charge in [0.25, 0.3) is 5.76 Å². The van der Waals surface area contributed by atoms with Crippen LogP contribution in [-0.4, -0.2) is 5.97 Å². The lowest BCUT2D eigenvalue weighted by Crippen LogP contribution is -2.15. The molecular weight excluding hydrogens is 521 g/mol. The maximum atomic E-state index is 13.9. The molecule has 1 heterocycles. The summed E-state index contributed by atoms with van der Waals surface area (Å²) >= 11 is 0. The van der Waals surface area contributed by atoms with Crippen LogP contribution in [-0.2, 0) is 11.0 Å². The maximum absolute atomic E-state index is 13.9. The van der Waals surface area contributed by atoms with Crippen molar-refractivity contribution in [2.24, 2.45) is 0 Å². The van der Waals surface area contributed by atoms with Crippen molar-refractivity contribution in [1.29, 1.82) is 0 Å². The minimum Gasteiger partial charge on any atom is -0.449 e. The molecule has 0 aliphatic carbocycles. The number of hydrogen-bond acceptors (Lipinski definition) is 5. The van der Waals surface area contributed by atoms with E-state index in [1.165, 1.54) is 30.3 Å². The summed E-state index contributed by atoms with van der Waals surface area (Å²) in [5, 5.41) is -0.168. The number of hydrogen-bond donors (Lipinski definition) is 0. The number of ether oxygens (including phenoxy) is 2. The highest BCUT2D eigenvalue weighted by atomic mass is 19.4. The SMILES string of the molecule is Cc1ccc(/C=C/C(=O)Oc2ccc3c(=O)c(Oc4ccc(-c5ccccc5)cc4)c(C(F)(F)F)oc3c2)cc1. The lowest BCUT2D eigenvalue weighted by molar-refractivity contribution is -0.154. The molecular formula is C32H21F3O5. The lowest BCUT2D eigenvalue weighted by atomic mass is 10.1. The van der Waals surface area contributed by atoms with E-state index in [1.54, 1.807) is 18.2 Å². The van der Waals surface area contributed by atoms with Gasteiger partial charge in [-0.15, -0.1) is 0 Å². The summed E-state index contributed by atoms with van der Waals surface area (Å²) in [7, 11) is 0. The third-order valence-electron chi connectivity index (χ3n) is 5.97. The van der Waals surface area contributed by atoms with Crippen LogP contribution >= 0.6 is 0 Å². The Morgan fingerprint density at radius 1 is 0.825 bits per heavy atom. The van der Waals surface area contributed by atoms with E-state index in [0.717, 1.165) is 28.3 Å². The molecule has 0 amide bonds. The van der Waals surface area contributed by atoms with Crippen LogP contribution in [0.1, 0.15) is 16.9 Å². The van der Waals surface area contributed by atoms with Gasteiger partial charge in [-0.25, -0.2) is 4.79 Å². The number of fused-ring (bicyclic) bond motifs is 1. The number of esters is 1. The van der Waals surface area contributed by atoms with Crippen molar-refractivity contribution in [3.05, 3.63) is 130 Å². The van der Waals surface area contributed by atoms with Crippen molar-refractivity contribution in [1.82, 2.24) is 0 Å². The van der Waals surface area contributed by atoms with E-state index in [-0.39, 0.29) is 16.9 Å². The molecule has 40 heavy (non-hydrogen) atoms. The quantitative estimate of drug-likeness (QED) is 0.123. The zero-order chi connectivity index (χ0) is 28.3. The number of carbonyl (C=O) groups is 1. The molecule has 4 aromatic carbocycles. The van der Waals surface area contributed by atoms with Crippen molar-refractivity contribution < 1.29 is 31.9 Å². The number of alkyl halides is 3. The van der Waals surface area contributed by atoms with E-state index in [9.17, 15) is 22.8 Å². The van der Waals surface area contributed by atoms with Gasteiger partial charge in [-0.1, -0.05) is 72.3 Å². The number of halogens is 3. The first-order valence-corrected chi connectivity index (χ1v) is 12.2. The van der Waals surface area contributed by atoms with Gasteiger partial charge in [-0.3, -0.25) is 4.79 Å². The van der Waals surface area contributed by atoms with E-state index < -0.39 is 34.7 Å². The molecule has 5 aromatic rings. The average Bonchev–Trinajstić information content (AvgIpc) is 2.94. The molecule has 200 valence electrons. The summed E-state index contributed by atoms with van der Waals surface area (Å²) in [5.41, 5.74) is 2.15. The Morgan fingerprint density at radius 3 is 2.15 bits per heavy atom. The number of benzene rings is 4. The van der Waals surface area contributed by atoms with E-state index in [4.69, 9.17) is 13.9 Å². The first-order valence-electron chi connectivity index (χ1n) is 12.2. The molecule has 8 heteroatoms. The fourth-order valence-electron chi connectivity index (χ4n) is 3.96. The second-order valence-corrected chi connectivity index (χ2v) is 8.90. The Morgan fingerprint density at radius 2 is 1.48 bits per heavy atom. The highest BCUT2D eigenvalue weighted by Gasteiger charge is 2.40. The summed E-state index contributed by atoms with van der Waals surface area (Å²) in [6, 6.07) is 26.6. The molecule has 0 spiro atoms. The highest BCUT2D eigenvalue weighted by Crippen LogP contribution is 2.39. The van der Waals surface area contributed by atoms with Gasteiger partial charge < -0.3 is 13.9 Å². The van der Waals surface area contributed by atoms with E-state index in [2.05, 4.69) is 0 Å². The van der Waals surface area contributed by atoms with Gasteiger partial charge in [0, 0.05) is 12.1 Å². The Balaban J connectivity index is 1.42. The number of carbonyl (C=O) groups excluding carboxylic acids is 1. The molecule has 5 nitrogen and oxygen atoms in total. The predicted octanol–water partition coefficient (Wildman–Crippen LogP) is 8.20. The third-order valence-corrected chi connectivity index (χ3v) is 5.97. The highest BCUT2D eigenvalue weighted by molar-refractivity contribution is 5.89. The molecule has 0 N–H and O–H groups in total. The molecule has 0 unspecified atom stereocenters. The molecule has 0 aliphatic heterocycles. The van der Waals surface area contributed by atoms with Crippen LogP contribution in [0.3, 0.4) is 0 Å². The molecule has 0 bridgehead atoms. The minimum absolute atomic E-state index is 0.0303. The van der Waals surface area contributed by atoms with Gasteiger partial charge in [0.15, 0.2) is 0 Å². The fraction of sp³-hybridized carbons (Fsp3) is 0.0625. The van der Waals surface area contributed by atoms with Crippen LogP contribution in [0, 0.1) is 6.92 Å². The first kappa shape index (κ1) is 26.5. The lowest BCUT2D eigenvalue weighted by Gasteiger charge is -2.14. The van der Waals surface area contributed by atoms with Crippen LogP contribution in [0.2, 0.25) is 0 Å². The fourth-order valence-corrected chi connectivity index (χ4v) is 3.96. The van der Waals surface area contributed by atoms with Gasteiger partial charge in [-0.05, 0) is 54.0 Å². The van der Waals surface area contributed by atoms with Gasteiger partial charge in [0.05, 0.1) is 5.39 Å². The van der Waals surface area contributed by atoms with Crippen LogP contribution in [0.25, 0.3) is 28.2 Å². The number of rotatable bonds is 6. The summed E-state index contributed by atoms with van der Waals surface area (Å²) in [6.45, 7) is 1.93. The normalized spacial score (nSPS) is 11.6. The summed E-state index contributed by atoms with van der Waals surface area (Å²) in [4.78, 5) is 25.4. The first-order chi connectivity index (χ1) is 19.2. The predicted molar refractivity (Wildman–Crippen MR) is 145 cm³/mol. The maximum Gasteiger partial charge on any atom is 0.453 e. The topological polar surface area (TPSA) is 65.7 Å². The van der Waals surface area contributed by atoms with Crippen molar-refractivity contribution in [3.8, 4) is 28.4 Å². The Kier molecular flexibility index (Phi) is 7.25. The van der Waals surface area contributed by atoms with Crippen LogP contribution in [0.5, 0.6) is 17.2 Å². The molecule has 0 atom stereocenters. The number of aryl methyl sites for hydroxylation is 1. The summed E-state index contributed by atoms with van der Waals surface area (Å²) < 4.78 is 57.5. The van der Waals surface area contributed by atoms with Crippen molar-refractivity contribution in [2.75, 3.05) is 0 Å². The zero-order valence-electron chi connectivity index (χ0n) is 21.1. The van der Waals surface area contributed by atoms with Crippen LogP contribution in [0.4, 0.5) is 13.2 Å². The summed E-state index contributed by atoms with van der Waals surface area (Å²) in [6.07, 6.45) is -2.30. The minimum atomic E-state index is -5.03. The Bertz CT molecular complexity index is 1750. The van der Waals surface area contributed by atoms with Crippen molar-refractivity contribution >= 4 is 23.0 Å². The molecule has 5 rings (SSSR count). The molecule has 0 fully saturated rings. The van der Waals surface area contributed by atoms with Gasteiger partial charge in [0.2, 0.25) is 11.2 Å². The van der Waals surface area contributed by atoms with Crippen molar-refractivity contribution in [3.63, 3.8) is 0 Å². The van der Waals surface area contributed by atoms with E-state index >= 15 is 0 Å². The van der Waals surface area contributed by atoms with Crippen LogP contribution < -0.4 is 14.9 Å². The Hall–Kier alpha value is -5.11. The van der Waals surface area contributed by atoms with E-state index in [0.29, 0.717) is 0 Å². The van der Waals surface area contributed by atoms with E-state index in [1.807, 2.05) is 61.5 Å². The standard InChI is InChI=1S/C32H21F3O5/c1-20-7-9-21(10-8-20)11-18-28(36)38-25-16-17-26-27(19-25)40-31(32(33,34)35)30(29(26)37)39-24-14-12-23(13-15-24)22-5-3-2-4-6-22/h2-19H,1H3/b18-11+. The van der Waals surface area contributed by atoms with Crippen LogP contribution in [0.15, 0.2) is 112 Å². The molecule has 1 aromatic heterocycles. The van der Waals surface area contributed by atoms with Gasteiger partial charge in [-0.2, -0.15) is 13.2 Å². The third kappa shape index (κ3) is 5.96. The zero-order valence-corrected chi connectivity index (χ0v) is 21.1. The van der Waals surface area contributed by atoms with Crippen molar-refractivity contribution in [2.45, 2.75) is 13.1 Å². The van der Waals surface area contributed by atoms with Gasteiger partial charge in [0.1, 0.15) is 17.1 Å². The molecule has 0 saturated carbocycles. The summed E-state index contributed by atoms with van der Waals surface area (Å²) in [5.74, 6) is -3.40. The molecule has 0 aliphatic rings. The molecule has 0 saturated heterocycles. The Labute approximate surface area is 226 Å². The average molecular weight is 543 g/mol.